The fraction of sp³-hybridized carbons (Fsp3) is 1.00. The summed E-state index contributed by atoms with van der Waals surface area (Å²) in [5.41, 5.74) is 0. The summed E-state index contributed by atoms with van der Waals surface area (Å²) >= 11 is 0. The summed E-state index contributed by atoms with van der Waals surface area (Å²) in [7, 11) is 0. The third-order valence-electron chi connectivity index (χ3n) is 1.89. The SMILES string of the molecule is CCN(N)C1CCCCO1. The molecule has 1 aliphatic rings. The van der Waals surface area contributed by atoms with E-state index in [4.69, 9.17) is 10.6 Å². The van der Waals surface area contributed by atoms with Crippen molar-refractivity contribution in [1.82, 2.24) is 5.01 Å². The number of nitrogens with two attached hydrogens (primary N) is 1. The zero-order chi connectivity index (χ0) is 7.40. The summed E-state index contributed by atoms with van der Waals surface area (Å²) in [4.78, 5) is 0. The van der Waals surface area contributed by atoms with Gasteiger partial charge in [0.1, 0.15) is 6.23 Å². The Kier molecular flexibility index (Phi) is 3.12. The van der Waals surface area contributed by atoms with Crippen LogP contribution in [0.1, 0.15) is 26.2 Å². The van der Waals surface area contributed by atoms with E-state index in [0.29, 0.717) is 0 Å². The normalized spacial score (nSPS) is 27.3. The van der Waals surface area contributed by atoms with E-state index in [1.807, 2.05) is 6.92 Å². The van der Waals surface area contributed by atoms with E-state index in [0.717, 1.165) is 19.6 Å². The largest absolute Gasteiger partial charge is 0.362 e. The number of hydrazine groups is 1. The standard InChI is InChI=1S/C7H16N2O/c1-2-9(8)7-5-3-4-6-10-7/h7H,2-6,8H2,1H3. The Morgan fingerprint density at radius 2 is 2.40 bits per heavy atom. The molecular weight excluding hydrogens is 128 g/mol. The van der Waals surface area contributed by atoms with E-state index >= 15 is 0 Å². The van der Waals surface area contributed by atoms with Crippen LogP contribution in [-0.2, 0) is 4.74 Å². The third kappa shape index (κ3) is 1.94. The van der Waals surface area contributed by atoms with Gasteiger partial charge in [-0.1, -0.05) is 6.92 Å². The zero-order valence-corrected chi connectivity index (χ0v) is 6.55. The van der Waals surface area contributed by atoms with Crippen LogP contribution in [0.15, 0.2) is 0 Å². The topological polar surface area (TPSA) is 38.5 Å². The molecule has 0 radical (unpaired) electrons. The molecule has 1 aliphatic heterocycles. The van der Waals surface area contributed by atoms with Crippen molar-refractivity contribution in [1.29, 1.82) is 0 Å². The van der Waals surface area contributed by atoms with Crippen molar-refractivity contribution in [3.8, 4) is 0 Å². The Morgan fingerprint density at radius 3 is 2.90 bits per heavy atom. The summed E-state index contributed by atoms with van der Waals surface area (Å²) in [5.74, 6) is 5.66. The second-order valence-electron chi connectivity index (χ2n) is 2.65. The molecule has 1 heterocycles. The first-order valence-corrected chi connectivity index (χ1v) is 3.97. The first-order chi connectivity index (χ1) is 4.84. The molecule has 1 rings (SSSR count). The molecule has 3 nitrogen and oxygen atoms in total. The van der Waals surface area contributed by atoms with Crippen molar-refractivity contribution in [2.45, 2.75) is 32.4 Å². The van der Waals surface area contributed by atoms with Crippen LogP contribution in [0.2, 0.25) is 0 Å². The predicted molar refractivity (Wildman–Crippen MR) is 40.2 cm³/mol. The second kappa shape index (κ2) is 3.91. The van der Waals surface area contributed by atoms with Crippen LogP contribution in [0.5, 0.6) is 0 Å². The highest BCUT2D eigenvalue weighted by Crippen LogP contribution is 2.13. The van der Waals surface area contributed by atoms with E-state index in [1.165, 1.54) is 12.8 Å². The average Bonchev–Trinajstić information content (AvgIpc) is 2.05. The molecule has 0 aromatic carbocycles. The minimum absolute atomic E-state index is 0.179. The zero-order valence-electron chi connectivity index (χ0n) is 6.55. The van der Waals surface area contributed by atoms with Crippen molar-refractivity contribution < 1.29 is 4.74 Å². The minimum atomic E-state index is 0.179. The first-order valence-electron chi connectivity index (χ1n) is 3.97. The van der Waals surface area contributed by atoms with E-state index in [-0.39, 0.29) is 6.23 Å². The Balaban J connectivity index is 2.24. The third-order valence-corrected chi connectivity index (χ3v) is 1.89. The number of rotatable bonds is 2. The molecule has 0 bridgehead atoms. The number of ether oxygens (including phenoxy) is 1. The lowest BCUT2D eigenvalue weighted by Crippen LogP contribution is -2.44. The fourth-order valence-corrected chi connectivity index (χ4v) is 1.19. The van der Waals surface area contributed by atoms with Gasteiger partial charge in [-0.3, -0.25) is 5.84 Å². The van der Waals surface area contributed by atoms with Crippen molar-refractivity contribution in [2.24, 2.45) is 5.84 Å². The highest BCUT2D eigenvalue weighted by atomic mass is 16.5. The van der Waals surface area contributed by atoms with Crippen LogP contribution in [0.25, 0.3) is 0 Å². The number of nitrogens with zero attached hydrogens (tertiary/aromatic N) is 1. The molecule has 0 amide bonds. The molecule has 1 saturated heterocycles. The quantitative estimate of drug-likeness (QED) is 0.458. The van der Waals surface area contributed by atoms with E-state index in [2.05, 4.69) is 0 Å². The van der Waals surface area contributed by atoms with Gasteiger partial charge in [-0.25, -0.2) is 5.01 Å². The summed E-state index contributed by atoms with van der Waals surface area (Å²) < 4.78 is 5.43. The fourth-order valence-electron chi connectivity index (χ4n) is 1.19. The maximum Gasteiger partial charge on any atom is 0.122 e. The van der Waals surface area contributed by atoms with Crippen LogP contribution >= 0.6 is 0 Å². The van der Waals surface area contributed by atoms with Crippen molar-refractivity contribution in [2.75, 3.05) is 13.2 Å². The number of hydrogen-bond acceptors (Lipinski definition) is 3. The smallest absolute Gasteiger partial charge is 0.122 e. The van der Waals surface area contributed by atoms with Gasteiger partial charge in [0.2, 0.25) is 0 Å². The van der Waals surface area contributed by atoms with Crippen LogP contribution < -0.4 is 5.84 Å². The van der Waals surface area contributed by atoms with Crippen molar-refractivity contribution in [3.63, 3.8) is 0 Å². The minimum Gasteiger partial charge on any atom is -0.362 e. The molecule has 1 unspecified atom stereocenters. The maximum atomic E-state index is 5.66. The van der Waals surface area contributed by atoms with Crippen molar-refractivity contribution >= 4 is 0 Å². The summed E-state index contributed by atoms with van der Waals surface area (Å²) in [5, 5.41) is 1.76. The van der Waals surface area contributed by atoms with Gasteiger partial charge in [-0.2, -0.15) is 0 Å². The van der Waals surface area contributed by atoms with Gasteiger partial charge in [0, 0.05) is 13.2 Å². The van der Waals surface area contributed by atoms with Gasteiger partial charge in [0.05, 0.1) is 0 Å². The van der Waals surface area contributed by atoms with E-state index < -0.39 is 0 Å². The molecule has 10 heavy (non-hydrogen) atoms. The van der Waals surface area contributed by atoms with Gasteiger partial charge in [-0.05, 0) is 19.3 Å². The van der Waals surface area contributed by atoms with E-state index in [9.17, 15) is 0 Å². The summed E-state index contributed by atoms with van der Waals surface area (Å²) in [6.07, 6.45) is 3.70. The van der Waals surface area contributed by atoms with Crippen LogP contribution in [0.3, 0.4) is 0 Å². The lowest BCUT2D eigenvalue weighted by atomic mass is 10.2. The molecule has 0 saturated carbocycles. The molecule has 0 spiro atoms. The lowest BCUT2D eigenvalue weighted by molar-refractivity contribution is -0.0848. The van der Waals surface area contributed by atoms with Crippen LogP contribution in [0, 0.1) is 0 Å². The summed E-state index contributed by atoms with van der Waals surface area (Å²) in [6.45, 7) is 3.78. The molecular formula is C7H16N2O. The Morgan fingerprint density at radius 1 is 1.60 bits per heavy atom. The first kappa shape index (κ1) is 7.98. The number of hydrogen-bond donors (Lipinski definition) is 1. The molecule has 0 aromatic heterocycles. The average molecular weight is 144 g/mol. The Bertz CT molecular complexity index is 91.6. The molecule has 1 fully saturated rings. The molecule has 1 atom stereocenters. The molecule has 0 aliphatic carbocycles. The summed E-state index contributed by atoms with van der Waals surface area (Å²) in [6, 6.07) is 0. The van der Waals surface area contributed by atoms with Gasteiger partial charge in [0.15, 0.2) is 0 Å². The monoisotopic (exact) mass is 144 g/mol. The van der Waals surface area contributed by atoms with Gasteiger partial charge in [0.25, 0.3) is 0 Å². The lowest BCUT2D eigenvalue weighted by Gasteiger charge is -2.29. The predicted octanol–water partition coefficient (Wildman–Crippen LogP) is 0.709. The van der Waals surface area contributed by atoms with Crippen LogP contribution in [0.4, 0.5) is 0 Å². The van der Waals surface area contributed by atoms with Crippen LogP contribution in [-0.4, -0.2) is 24.4 Å². The van der Waals surface area contributed by atoms with E-state index in [1.54, 1.807) is 5.01 Å². The highest BCUT2D eigenvalue weighted by molar-refractivity contribution is 4.60. The molecule has 3 heteroatoms. The Labute approximate surface area is 62.1 Å². The maximum absolute atomic E-state index is 5.66. The molecule has 0 aromatic rings. The molecule has 2 N–H and O–H groups in total. The molecule has 60 valence electrons. The van der Waals surface area contributed by atoms with Gasteiger partial charge < -0.3 is 4.74 Å². The second-order valence-corrected chi connectivity index (χ2v) is 2.65. The van der Waals surface area contributed by atoms with Gasteiger partial charge >= 0.3 is 0 Å². The van der Waals surface area contributed by atoms with Crippen molar-refractivity contribution in [3.05, 3.63) is 0 Å². The van der Waals surface area contributed by atoms with Gasteiger partial charge in [-0.15, -0.1) is 0 Å². The highest BCUT2D eigenvalue weighted by Gasteiger charge is 2.16. The Hall–Kier alpha value is -0.120.